The molecule has 4 heteroatoms. The summed E-state index contributed by atoms with van der Waals surface area (Å²) in [5.74, 6) is 0.0503. The van der Waals surface area contributed by atoms with Gasteiger partial charge in [-0.1, -0.05) is 36.4 Å². The molecule has 3 rings (SSSR count). The number of anilines is 1. The van der Waals surface area contributed by atoms with Gasteiger partial charge in [0.2, 0.25) is 0 Å². The molecule has 1 amide bonds. The van der Waals surface area contributed by atoms with Crippen LogP contribution in [-0.2, 0) is 11.2 Å². The minimum absolute atomic E-state index is 0.0503. The first-order chi connectivity index (χ1) is 12.8. The summed E-state index contributed by atoms with van der Waals surface area (Å²) in [6, 6.07) is 18.1. The van der Waals surface area contributed by atoms with Gasteiger partial charge in [-0.05, 0) is 36.2 Å². The number of rotatable bonds is 7. The average molecular weight is 350 g/mol. The molecular weight excluding hydrogens is 324 g/mol. The Kier molecular flexibility index (Phi) is 6.45. The van der Waals surface area contributed by atoms with Crippen molar-refractivity contribution in [2.24, 2.45) is 0 Å². The highest BCUT2D eigenvalue weighted by molar-refractivity contribution is 5.94. The van der Waals surface area contributed by atoms with E-state index in [1.54, 1.807) is 6.08 Å². The smallest absolute Gasteiger partial charge is 0.254 e. The number of ether oxygens (including phenoxy) is 1. The Balaban J connectivity index is 1.65. The van der Waals surface area contributed by atoms with Gasteiger partial charge in [0.1, 0.15) is 0 Å². The lowest BCUT2D eigenvalue weighted by Gasteiger charge is -2.29. The first kappa shape index (κ1) is 18.2. The molecular formula is C22H26N2O2. The van der Waals surface area contributed by atoms with E-state index in [0.717, 1.165) is 44.0 Å². The van der Waals surface area contributed by atoms with Crippen molar-refractivity contribution in [1.29, 1.82) is 0 Å². The van der Waals surface area contributed by atoms with Crippen LogP contribution in [0.5, 0.6) is 0 Å². The molecule has 26 heavy (non-hydrogen) atoms. The third-order valence-electron chi connectivity index (χ3n) is 4.64. The second kappa shape index (κ2) is 9.20. The Morgan fingerprint density at radius 1 is 1.08 bits per heavy atom. The Morgan fingerprint density at radius 3 is 2.42 bits per heavy atom. The van der Waals surface area contributed by atoms with Crippen LogP contribution in [0.1, 0.15) is 15.9 Å². The molecule has 136 valence electrons. The van der Waals surface area contributed by atoms with Crippen LogP contribution in [-0.4, -0.2) is 50.2 Å². The summed E-state index contributed by atoms with van der Waals surface area (Å²) >= 11 is 0. The maximum absolute atomic E-state index is 12.9. The summed E-state index contributed by atoms with van der Waals surface area (Å²) in [5.41, 5.74) is 3.10. The molecule has 0 unspecified atom stereocenters. The van der Waals surface area contributed by atoms with E-state index in [4.69, 9.17) is 4.74 Å². The van der Waals surface area contributed by atoms with Crippen molar-refractivity contribution in [3.05, 3.63) is 78.4 Å². The Labute approximate surface area is 155 Å². The molecule has 0 saturated carbocycles. The van der Waals surface area contributed by atoms with E-state index < -0.39 is 0 Å². The van der Waals surface area contributed by atoms with Crippen LogP contribution in [0.4, 0.5) is 5.69 Å². The number of morpholine rings is 1. The summed E-state index contributed by atoms with van der Waals surface area (Å²) in [6.45, 7) is 8.33. The van der Waals surface area contributed by atoms with Gasteiger partial charge in [0, 0.05) is 37.4 Å². The molecule has 0 radical (unpaired) electrons. The van der Waals surface area contributed by atoms with Gasteiger partial charge in [-0.25, -0.2) is 0 Å². The number of hydrogen-bond acceptors (Lipinski definition) is 3. The summed E-state index contributed by atoms with van der Waals surface area (Å²) in [6.07, 6.45) is 2.62. The Morgan fingerprint density at radius 2 is 1.77 bits per heavy atom. The summed E-state index contributed by atoms with van der Waals surface area (Å²) in [5, 5.41) is 0. The molecule has 1 fully saturated rings. The van der Waals surface area contributed by atoms with Crippen LogP contribution in [0.3, 0.4) is 0 Å². The predicted molar refractivity (Wildman–Crippen MR) is 106 cm³/mol. The largest absolute Gasteiger partial charge is 0.378 e. The van der Waals surface area contributed by atoms with Crippen molar-refractivity contribution in [3.8, 4) is 0 Å². The number of nitrogens with zero attached hydrogens (tertiary/aromatic N) is 2. The lowest BCUT2D eigenvalue weighted by molar-refractivity contribution is 0.0775. The number of amides is 1. The average Bonchev–Trinajstić information content (AvgIpc) is 2.72. The highest BCUT2D eigenvalue weighted by Gasteiger charge is 2.16. The summed E-state index contributed by atoms with van der Waals surface area (Å²) in [4.78, 5) is 17.0. The number of hydrogen-bond donors (Lipinski definition) is 0. The van der Waals surface area contributed by atoms with Crippen LogP contribution in [0, 0.1) is 0 Å². The molecule has 2 aromatic rings. The zero-order valence-electron chi connectivity index (χ0n) is 15.1. The van der Waals surface area contributed by atoms with Crippen molar-refractivity contribution in [1.82, 2.24) is 4.90 Å². The van der Waals surface area contributed by atoms with Gasteiger partial charge in [0.05, 0.1) is 13.2 Å². The fourth-order valence-corrected chi connectivity index (χ4v) is 3.16. The normalized spacial score (nSPS) is 14.1. The monoisotopic (exact) mass is 350 g/mol. The highest BCUT2D eigenvalue weighted by Crippen LogP contribution is 2.18. The van der Waals surface area contributed by atoms with Crippen LogP contribution in [0.2, 0.25) is 0 Å². The lowest BCUT2D eigenvalue weighted by Crippen LogP contribution is -2.36. The van der Waals surface area contributed by atoms with Gasteiger partial charge in [0.15, 0.2) is 0 Å². The fourth-order valence-electron chi connectivity index (χ4n) is 3.16. The quantitative estimate of drug-likeness (QED) is 0.718. The van der Waals surface area contributed by atoms with E-state index in [1.165, 1.54) is 5.56 Å². The minimum atomic E-state index is 0.0503. The molecule has 0 aliphatic carbocycles. The van der Waals surface area contributed by atoms with Crippen molar-refractivity contribution in [2.45, 2.75) is 6.42 Å². The first-order valence-corrected chi connectivity index (χ1v) is 9.15. The molecule has 0 atom stereocenters. The standard InChI is InChI=1S/C22H26N2O2/c1-2-13-24(14-12-19-6-4-3-5-7-19)22(25)20-8-10-21(11-9-20)23-15-17-26-18-16-23/h2-11H,1,12-18H2. The van der Waals surface area contributed by atoms with E-state index in [9.17, 15) is 4.79 Å². The highest BCUT2D eigenvalue weighted by atomic mass is 16.5. The molecule has 1 aliphatic heterocycles. The second-order valence-corrected chi connectivity index (χ2v) is 6.42. The Hall–Kier alpha value is -2.59. The second-order valence-electron chi connectivity index (χ2n) is 6.42. The van der Waals surface area contributed by atoms with Crippen molar-refractivity contribution < 1.29 is 9.53 Å². The lowest BCUT2D eigenvalue weighted by atomic mass is 10.1. The molecule has 0 aromatic heterocycles. The minimum Gasteiger partial charge on any atom is -0.378 e. The van der Waals surface area contributed by atoms with E-state index in [2.05, 4.69) is 23.6 Å². The molecule has 1 heterocycles. The predicted octanol–water partition coefficient (Wildman–Crippen LogP) is 3.39. The van der Waals surface area contributed by atoms with Gasteiger partial charge in [-0.2, -0.15) is 0 Å². The SMILES string of the molecule is C=CCN(CCc1ccccc1)C(=O)c1ccc(N2CCOCC2)cc1. The van der Waals surface area contributed by atoms with Crippen LogP contribution in [0.25, 0.3) is 0 Å². The molecule has 0 spiro atoms. The fraction of sp³-hybridized carbons (Fsp3) is 0.318. The van der Waals surface area contributed by atoms with Crippen molar-refractivity contribution >= 4 is 11.6 Å². The molecule has 2 aromatic carbocycles. The summed E-state index contributed by atoms with van der Waals surface area (Å²) < 4.78 is 5.39. The third-order valence-corrected chi connectivity index (χ3v) is 4.64. The van der Waals surface area contributed by atoms with Crippen LogP contribution in [0.15, 0.2) is 67.3 Å². The van der Waals surface area contributed by atoms with Crippen molar-refractivity contribution in [2.75, 3.05) is 44.3 Å². The van der Waals surface area contributed by atoms with Crippen molar-refractivity contribution in [3.63, 3.8) is 0 Å². The van der Waals surface area contributed by atoms with Gasteiger partial charge < -0.3 is 14.5 Å². The third kappa shape index (κ3) is 4.73. The maximum atomic E-state index is 12.9. The van der Waals surface area contributed by atoms with Gasteiger partial charge in [-0.3, -0.25) is 4.79 Å². The van der Waals surface area contributed by atoms with E-state index >= 15 is 0 Å². The number of carbonyl (C=O) groups is 1. The molecule has 1 saturated heterocycles. The van der Waals surface area contributed by atoms with Crippen LogP contribution < -0.4 is 4.90 Å². The molecule has 4 nitrogen and oxygen atoms in total. The first-order valence-electron chi connectivity index (χ1n) is 9.15. The molecule has 0 N–H and O–H groups in total. The van der Waals surface area contributed by atoms with E-state index in [1.807, 2.05) is 47.4 Å². The van der Waals surface area contributed by atoms with Gasteiger partial charge in [-0.15, -0.1) is 6.58 Å². The summed E-state index contributed by atoms with van der Waals surface area (Å²) in [7, 11) is 0. The number of carbonyl (C=O) groups excluding carboxylic acids is 1. The topological polar surface area (TPSA) is 32.8 Å². The maximum Gasteiger partial charge on any atom is 0.254 e. The molecule has 1 aliphatic rings. The number of benzene rings is 2. The van der Waals surface area contributed by atoms with E-state index in [0.29, 0.717) is 13.1 Å². The Bertz CT molecular complexity index is 707. The van der Waals surface area contributed by atoms with Gasteiger partial charge >= 0.3 is 0 Å². The zero-order valence-corrected chi connectivity index (χ0v) is 15.1. The molecule has 0 bridgehead atoms. The van der Waals surface area contributed by atoms with Gasteiger partial charge in [0.25, 0.3) is 5.91 Å². The zero-order chi connectivity index (χ0) is 18.2. The van der Waals surface area contributed by atoms with E-state index in [-0.39, 0.29) is 5.91 Å². The van der Waals surface area contributed by atoms with Crippen LogP contribution >= 0.6 is 0 Å².